The van der Waals surface area contributed by atoms with Gasteiger partial charge in [-0.25, -0.2) is 4.98 Å². The number of aliphatic carboxylic acids is 1. The van der Waals surface area contributed by atoms with Crippen LogP contribution < -0.4 is 15.8 Å². The maximum Gasteiger partial charge on any atom is 0.320 e. The molecule has 0 spiro atoms. The molecule has 4 N–H and O–H groups in total. The zero-order valence-electron chi connectivity index (χ0n) is 13.4. The number of nitrogens with one attached hydrogen (secondary N) is 1. The van der Waals surface area contributed by atoms with Crippen LogP contribution in [-0.4, -0.2) is 35.1 Å². The number of carbonyl (C=O) groups excluding carboxylic acids is 1. The van der Waals surface area contributed by atoms with Crippen molar-refractivity contribution in [2.75, 3.05) is 12.4 Å². The highest BCUT2D eigenvalue weighted by molar-refractivity contribution is 5.90. The topological polar surface area (TPSA) is 115 Å². The summed E-state index contributed by atoms with van der Waals surface area (Å²) in [6.45, 7) is 6.77. The average Bonchev–Trinajstić information content (AvgIpc) is 2.45. The van der Waals surface area contributed by atoms with E-state index in [1.165, 1.54) is 21.0 Å². The first kappa shape index (κ1) is 19.8. The Morgan fingerprint density at radius 2 is 2.00 bits per heavy atom. The highest BCUT2D eigenvalue weighted by atomic mass is 19.1. The largest absolute Gasteiger partial charge is 0.494 e. The predicted molar refractivity (Wildman–Crippen MR) is 80.5 cm³/mol. The summed E-state index contributed by atoms with van der Waals surface area (Å²) in [6, 6.07) is -1.22. The van der Waals surface area contributed by atoms with Crippen LogP contribution in [-0.2, 0) is 16.0 Å². The fraction of sp³-hybridized carbons (Fsp3) is 0.500. The van der Waals surface area contributed by atoms with E-state index in [1.807, 2.05) is 13.8 Å². The van der Waals surface area contributed by atoms with Crippen LogP contribution >= 0.6 is 0 Å². The molecule has 1 unspecified atom stereocenters. The van der Waals surface area contributed by atoms with Crippen LogP contribution in [0.1, 0.15) is 32.0 Å². The minimum Gasteiger partial charge on any atom is -0.494 e. The zero-order chi connectivity index (χ0) is 17.4. The van der Waals surface area contributed by atoms with Gasteiger partial charge in [-0.05, 0) is 6.92 Å². The molecule has 0 aliphatic carbocycles. The quantitative estimate of drug-likeness (QED) is 0.709. The van der Waals surface area contributed by atoms with Crippen LogP contribution in [0.4, 0.5) is 10.1 Å². The van der Waals surface area contributed by atoms with Gasteiger partial charge in [-0.2, -0.15) is 4.39 Å². The standard InChI is InChI=1S/C12H16FN3O4.C2H6/c1-5-9(15-6(2)17)11(13)16-8(10(5)20-3)4-7(14)12(18)19;1-2/h7H,4,14H2,1-3H3,(H,15,17)(H,18,19);1-2H3. The third-order valence-corrected chi connectivity index (χ3v) is 2.65. The summed E-state index contributed by atoms with van der Waals surface area (Å²) in [4.78, 5) is 25.4. The number of carboxylic acid groups (broad SMARTS) is 1. The van der Waals surface area contributed by atoms with E-state index in [-0.39, 0.29) is 23.6 Å². The molecular formula is C14H22FN3O4. The van der Waals surface area contributed by atoms with Crippen molar-refractivity contribution < 1.29 is 23.8 Å². The van der Waals surface area contributed by atoms with E-state index in [0.29, 0.717) is 5.56 Å². The molecule has 0 bridgehead atoms. The van der Waals surface area contributed by atoms with Crippen molar-refractivity contribution in [2.45, 2.75) is 40.2 Å². The fourth-order valence-electron chi connectivity index (χ4n) is 1.74. The monoisotopic (exact) mass is 315 g/mol. The molecule has 1 atom stereocenters. The number of anilines is 1. The van der Waals surface area contributed by atoms with E-state index in [4.69, 9.17) is 15.6 Å². The second-order valence-electron chi connectivity index (χ2n) is 4.21. The SMILES string of the molecule is CC.COc1c(CC(N)C(=O)O)nc(F)c(NC(C)=O)c1C. The second-order valence-corrected chi connectivity index (χ2v) is 4.21. The van der Waals surface area contributed by atoms with Gasteiger partial charge in [0.25, 0.3) is 0 Å². The molecule has 124 valence electrons. The molecule has 1 aromatic rings. The van der Waals surface area contributed by atoms with E-state index in [9.17, 15) is 14.0 Å². The summed E-state index contributed by atoms with van der Waals surface area (Å²) in [7, 11) is 1.34. The fourth-order valence-corrected chi connectivity index (χ4v) is 1.74. The van der Waals surface area contributed by atoms with E-state index in [2.05, 4.69) is 10.3 Å². The van der Waals surface area contributed by atoms with Crippen molar-refractivity contribution in [2.24, 2.45) is 5.73 Å². The first-order valence-electron chi connectivity index (χ1n) is 6.76. The van der Waals surface area contributed by atoms with Gasteiger partial charge in [0.1, 0.15) is 17.5 Å². The summed E-state index contributed by atoms with van der Waals surface area (Å²) in [5.74, 6) is -2.39. The molecule has 0 radical (unpaired) electrons. The minimum atomic E-state index is -1.22. The third kappa shape index (κ3) is 4.96. The number of carboxylic acids is 1. The Hall–Kier alpha value is -2.22. The number of hydrogen-bond acceptors (Lipinski definition) is 5. The predicted octanol–water partition coefficient (Wildman–Crippen LogP) is 1.48. The van der Waals surface area contributed by atoms with Gasteiger partial charge in [0.15, 0.2) is 0 Å². The molecule has 0 saturated heterocycles. The molecule has 8 heteroatoms. The molecule has 0 aliphatic rings. The normalized spacial score (nSPS) is 11.0. The van der Waals surface area contributed by atoms with E-state index >= 15 is 0 Å². The smallest absolute Gasteiger partial charge is 0.320 e. The molecule has 0 fully saturated rings. The summed E-state index contributed by atoms with van der Waals surface area (Å²) >= 11 is 0. The summed E-state index contributed by atoms with van der Waals surface area (Å²) in [6.07, 6.45) is -0.184. The van der Waals surface area contributed by atoms with Gasteiger partial charge in [-0.3, -0.25) is 9.59 Å². The second kappa shape index (κ2) is 8.93. The molecule has 1 amide bonds. The first-order chi connectivity index (χ1) is 10.3. The van der Waals surface area contributed by atoms with E-state index < -0.39 is 23.9 Å². The van der Waals surface area contributed by atoms with Crippen molar-refractivity contribution in [1.29, 1.82) is 0 Å². The Morgan fingerprint density at radius 1 is 1.45 bits per heavy atom. The Balaban J connectivity index is 0.00000211. The van der Waals surface area contributed by atoms with Gasteiger partial charge in [0.05, 0.1) is 12.8 Å². The van der Waals surface area contributed by atoms with Gasteiger partial charge in [-0.15, -0.1) is 0 Å². The molecule has 1 rings (SSSR count). The van der Waals surface area contributed by atoms with Crippen LogP contribution in [0.2, 0.25) is 0 Å². The lowest BCUT2D eigenvalue weighted by Crippen LogP contribution is -2.33. The number of amides is 1. The number of ether oxygens (including phenoxy) is 1. The molecule has 0 aliphatic heterocycles. The first-order valence-corrected chi connectivity index (χ1v) is 6.76. The van der Waals surface area contributed by atoms with Gasteiger partial charge >= 0.3 is 5.97 Å². The molecular weight excluding hydrogens is 293 g/mol. The molecule has 0 saturated carbocycles. The number of nitrogens with two attached hydrogens (primary N) is 1. The number of aromatic nitrogens is 1. The van der Waals surface area contributed by atoms with Crippen LogP contribution in [0.5, 0.6) is 5.75 Å². The minimum absolute atomic E-state index is 0.0894. The van der Waals surface area contributed by atoms with Crippen LogP contribution in [0.3, 0.4) is 0 Å². The Bertz CT molecular complexity index is 549. The number of carbonyl (C=O) groups is 2. The number of halogens is 1. The van der Waals surface area contributed by atoms with Gasteiger partial charge in [0.2, 0.25) is 11.9 Å². The van der Waals surface area contributed by atoms with Crippen molar-refractivity contribution in [3.8, 4) is 5.75 Å². The Labute approximate surface area is 128 Å². The summed E-state index contributed by atoms with van der Waals surface area (Å²) < 4.78 is 19.0. The van der Waals surface area contributed by atoms with Gasteiger partial charge < -0.3 is 20.9 Å². The number of methoxy groups -OCH3 is 1. The molecule has 1 aromatic heterocycles. The van der Waals surface area contributed by atoms with Crippen molar-refractivity contribution in [3.63, 3.8) is 0 Å². The van der Waals surface area contributed by atoms with Crippen molar-refractivity contribution in [1.82, 2.24) is 4.98 Å². The van der Waals surface area contributed by atoms with Gasteiger partial charge in [-0.1, -0.05) is 13.8 Å². The van der Waals surface area contributed by atoms with Crippen LogP contribution in [0.25, 0.3) is 0 Å². The third-order valence-electron chi connectivity index (χ3n) is 2.65. The van der Waals surface area contributed by atoms with Gasteiger partial charge in [0, 0.05) is 18.9 Å². The molecule has 0 aromatic carbocycles. The lowest BCUT2D eigenvalue weighted by atomic mass is 10.1. The molecule has 22 heavy (non-hydrogen) atoms. The van der Waals surface area contributed by atoms with Crippen LogP contribution in [0, 0.1) is 12.9 Å². The summed E-state index contributed by atoms with van der Waals surface area (Å²) in [5, 5.41) is 11.1. The number of pyridine rings is 1. The zero-order valence-corrected chi connectivity index (χ0v) is 13.4. The number of rotatable bonds is 5. The highest BCUT2D eigenvalue weighted by Gasteiger charge is 2.22. The Morgan fingerprint density at radius 3 is 2.41 bits per heavy atom. The highest BCUT2D eigenvalue weighted by Crippen LogP contribution is 2.30. The van der Waals surface area contributed by atoms with E-state index in [1.54, 1.807) is 0 Å². The number of hydrogen-bond donors (Lipinski definition) is 3. The van der Waals surface area contributed by atoms with E-state index in [0.717, 1.165) is 0 Å². The van der Waals surface area contributed by atoms with Crippen LogP contribution in [0.15, 0.2) is 0 Å². The average molecular weight is 315 g/mol. The lowest BCUT2D eigenvalue weighted by molar-refractivity contribution is -0.138. The maximum absolute atomic E-state index is 13.9. The lowest BCUT2D eigenvalue weighted by Gasteiger charge is -2.16. The maximum atomic E-state index is 13.9. The molecule has 7 nitrogen and oxygen atoms in total. The van der Waals surface area contributed by atoms with Crippen molar-refractivity contribution in [3.05, 3.63) is 17.2 Å². The number of nitrogens with zero attached hydrogens (tertiary/aromatic N) is 1. The van der Waals surface area contributed by atoms with Crippen molar-refractivity contribution >= 4 is 17.6 Å². The Kier molecular flexibility index (Phi) is 8.03. The summed E-state index contributed by atoms with van der Waals surface area (Å²) in [5.41, 5.74) is 5.72. The molecule has 1 heterocycles.